The third-order valence-electron chi connectivity index (χ3n) is 2.58. The smallest absolute Gasteiger partial charge is 0.0651 e. The first-order valence-electron chi connectivity index (χ1n) is 5.57. The molecule has 0 aliphatic heterocycles. The van der Waals surface area contributed by atoms with Crippen molar-refractivity contribution in [2.75, 3.05) is 6.61 Å². The summed E-state index contributed by atoms with van der Waals surface area (Å²) in [6.07, 6.45) is 11.9. The van der Waals surface area contributed by atoms with E-state index in [4.69, 9.17) is 4.74 Å². The zero-order valence-corrected chi connectivity index (χ0v) is 8.96. The second-order valence-corrected chi connectivity index (χ2v) is 4.21. The first kappa shape index (κ1) is 10.8. The van der Waals surface area contributed by atoms with Crippen LogP contribution in [0.3, 0.4) is 0 Å². The minimum absolute atomic E-state index is 0.357. The molecule has 0 radical (unpaired) electrons. The fraction of sp³-hybridized carbons (Fsp3) is 0.833. The van der Waals surface area contributed by atoms with E-state index >= 15 is 0 Å². The summed E-state index contributed by atoms with van der Waals surface area (Å²) in [5.41, 5.74) is 0. The molecular weight excluding hydrogens is 160 g/mol. The number of rotatable bonds is 4. The van der Waals surface area contributed by atoms with E-state index < -0.39 is 0 Å². The van der Waals surface area contributed by atoms with Gasteiger partial charge >= 0.3 is 0 Å². The van der Waals surface area contributed by atoms with Crippen molar-refractivity contribution < 1.29 is 4.74 Å². The van der Waals surface area contributed by atoms with Gasteiger partial charge in [0.05, 0.1) is 12.7 Å². The molecule has 0 aromatic heterocycles. The van der Waals surface area contributed by atoms with E-state index in [0.717, 1.165) is 12.5 Å². The second kappa shape index (κ2) is 6.20. The Morgan fingerprint density at radius 3 is 2.54 bits per heavy atom. The summed E-state index contributed by atoms with van der Waals surface area (Å²) < 4.78 is 5.45. The molecule has 76 valence electrons. The van der Waals surface area contributed by atoms with E-state index in [9.17, 15) is 0 Å². The van der Waals surface area contributed by atoms with Gasteiger partial charge in [-0.25, -0.2) is 0 Å². The van der Waals surface area contributed by atoms with Crippen LogP contribution in [-0.4, -0.2) is 12.7 Å². The van der Waals surface area contributed by atoms with Crippen molar-refractivity contribution in [2.45, 2.75) is 52.1 Å². The molecule has 0 heterocycles. The SMILES string of the molecule is CC(C)OC/C=C/C1CCCCC1. The first-order valence-corrected chi connectivity index (χ1v) is 5.57. The molecule has 0 saturated heterocycles. The number of allylic oxidation sites excluding steroid dienone is 1. The van der Waals surface area contributed by atoms with Crippen molar-refractivity contribution in [3.63, 3.8) is 0 Å². The molecule has 1 fully saturated rings. The van der Waals surface area contributed by atoms with Gasteiger partial charge in [0.1, 0.15) is 0 Å². The summed E-state index contributed by atoms with van der Waals surface area (Å²) in [6.45, 7) is 4.94. The van der Waals surface area contributed by atoms with Crippen LogP contribution in [0.4, 0.5) is 0 Å². The van der Waals surface area contributed by atoms with Crippen LogP contribution in [0.1, 0.15) is 46.0 Å². The van der Waals surface area contributed by atoms with E-state index in [1.807, 2.05) is 0 Å². The molecule has 1 rings (SSSR count). The van der Waals surface area contributed by atoms with Crippen LogP contribution in [0, 0.1) is 5.92 Å². The maximum atomic E-state index is 5.45. The molecule has 0 amide bonds. The highest BCUT2D eigenvalue weighted by atomic mass is 16.5. The van der Waals surface area contributed by atoms with Crippen molar-refractivity contribution in [1.82, 2.24) is 0 Å². The lowest BCUT2D eigenvalue weighted by Gasteiger charge is -2.17. The zero-order valence-electron chi connectivity index (χ0n) is 8.96. The van der Waals surface area contributed by atoms with Gasteiger partial charge in [0.2, 0.25) is 0 Å². The summed E-state index contributed by atoms with van der Waals surface area (Å²) in [7, 11) is 0. The molecule has 0 bridgehead atoms. The highest BCUT2D eigenvalue weighted by Crippen LogP contribution is 2.24. The average molecular weight is 182 g/mol. The molecule has 1 nitrogen and oxygen atoms in total. The Morgan fingerprint density at radius 1 is 1.23 bits per heavy atom. The van der Waals surface area contributed by atoms with Crippen molar-refractivity contribution in [1.29, 1.82) is 0 Å². The maximum Gasteiger partial charge on any atom is 0.0651 e. The Labute approximate surface area is 82.2 Å². The standard InChI is InChI=1S/C12H22O/c1-11(2)13-10-6-9-12-7-4-3-5-8-12/h6,9,11-12H,3-5,7-8,10H2,1-2H3/b9-6+. The van der Waals surface area contributed by atoms with E-state index in [2.05, 4.69) is 26.0 Å². The third kappa shape index (κ3) is 5.09. The lowest BCUT2D eigenvalue weighted by molar-refractivity contribution is 0.102. The fourth-order valence-corrected chi connectivity index (χ4v) is 1.82. The maximum absolute atomic E-state index is 5.45. The van der Waals surface area contributed by atoms with Gasteiger partial charge in [0.15, 0.2) is 0 Å². The highest BCUT2D eigenvalue weighted by Gasteiger charge is 2.09. The Hall–Kier alpha value is -0.300. The topological polar surface area (TPSA) is 9.23 Å². The van der Waals surface area contributed by atoms with Crippen LogP contribution >= 0.6 is 0 Å². The van der Waals surface area contributed by atoms with Gasteiger partial charge in [-0.2, -0.15) is 0 Å². The van der Waals surface area contributed by atoms with Crippen molar-refractivity contribution >= 4 is 0 Å². The predicted octanol–water partition coefficient (Wildman–Crippen LogP) is 3.55. The molecule has 0 unspecified atom stereocenters. The van der Waals surface area contributed by atoms with Crippen molar-refractivity contribution in [3.8, 4) is 0 Å². The first-order chi connectivity index (χ1) is 6.29. The molecular formula is C12H22O. The largest absolute Gasteiger partial charge is 0.375 e. The van der Waals surface area contributed by atoms with E-state index in [1.54, 1.807) is 0 Å². The third-order valence-corrected chi connectivity index (χ3v) is 2.58. The number of hydrogen-bond donors (Lipinski definition) is 0. The molecule has 0 spiro atoms. The second-order valence-electron chi connectivity index (χ2n) is 4.21. The minimum Gasteiger partial charge on any atom is -0.375 e. The highest BCUT2D eigenvalue weighted by molar-refractivity contribution is 4.89. The summed E-state index contributed by atoms with van der Waals surface area (Å²) in [4.78, 5) is 0. The Morgan fingerprint density at radius 2 is 1.92 bits per heavy atom. The molecule has 0 atom stereocenters. The molecule has 0 aromatic rings. The summed E-state index contributed by atoms with van der Waals surface area (Å²) in [5.74, 6) is 0.838. The van der Waals surface area contributed by atoms with Crippen LogP contribution in [0.5, 0.6) is 0 Å². The molecule has 1 aliphatic rings. The Kier molecular flexibility index (Phi) is 5.14. The molecule has 1 heteroatoms. The van der Waals surface area contributed by atoms with Gasteiger partial charge in [0, 0.05) is 0 Å². The van der Waals surface area contributed by atoms with E-state index in [1.165, 1.54) is 32.1 Å². The monoisotopic (exact) mass is 182 g/mol. The normalized spacial score (nSPS) is 20.2. The lowest BCUT2D eigenvalue weighted by Crippen LogP contribution is -2.04. The van der Waals surface area contributed by atoms with Gasteiger partial charge < -0.3 is 4.74 Å². The summed E-state index contributed by atoms with van der Waals surface area (Å²) in [5, 5.41) is 0. The van der Waals surface area contributed by atoms with Crippen LogP contribution in [0.25, 0.3) is 0 Å². The van der Waals surface area contributed by atoms with Crippen LogP contribution in [0.15, 0.2) is 12.2 Å². The molecule has 1 aliphatic carbocycles. The van der Waals surface area contributed by atoms with Crippen molar-refractivity contribution in [2.24, 2.45) is 5.92 Å². The minimum atomic E-state index is 0.357. The molecule has 0 N–H and O–H groups in total. The quantitative estimate of drug-likeness (QED) is 0.604. The number of hydrogen-bond acceptors (Lipinski definition) is 1. The lowest BCUT2D eigenvalue weighted by atomic mass is 9.89. The van der Waals surface area contributed by atoms with Crippen LogP contribution in [-0.2, 0) is 4.74 Å². The Bertz CT molecular complexity index is 143. The van der Waals surface area contributed by atoms with E-state index in [0.29, 0.717) is 6.10 Å². The van der Waals surface area contributed by atoms with Gasteiger partial charge in [-0.05, 0) is 32.6 Å². The Balaban J connectivity index is 2.07. The van der Waals surface area contributed by atoms with Gasteiger partial charge in [-0.1, -0.05) is 31.4 Å². The van der Waals surface area contributed by atoms with E-state index in [-0.39, 0.29) is 0 Å². The summed E-state index contributed by atoms with van der Waals surface area (Å²) >= 11 is 0. The van der Waals surface area contributed by atoms with Gasteiger partial charge in [-0.3, -0.25) is 0 Å². The zero-order chi connectivity index (χ0) is 9.52. The fourth-order valence-electron chi connectivity index (χ4n) is 1.82. The van der Waals surface area contributed by atoms with Crippen molar-refractivity contribution in [3.05, 3.63) is 12.2 Å². The predicted molar refractivity (Wildman–Crippen MR) is 56.8 cm³/mol. The van der Waals surface area contributed by atoms with Crippen LogP contribution in [0.2, 0.25) is 0 Å². The van der Waals surface area contributed by atoms with Gasteiger partial charge in [-0.15, -0.1) is 0 Å². The molecule has 13 heavy (non-hydrogen) atoms. The average Bonchev–Trinajstić information content (AvgIpc) is 2.14. The number of ether oxygens (including phenoxy) is 1. The molecule has 0 aromatic carbocycles. The summed E-state index contributed by atoms with van der Waals surface area (Å²) in [6, 6.07) is 0. The van der Waals surface area contributed by atoms with Crippen LogP contribution < -0.4 is 0 Å². The molecule has 1 saturated carbocycles. The van der Waals surface area contributed by atoms with Gasteiger partial charge in [0.25, 0.3) is 0 Å².